The van der Waals surface area contributed by atoms with Crippen molar-refractivity contribution in [1.29, 1.82) is 0 Å². The molecular weight excluding hydrogens is 305 g/mol. The molecule has 0 radical (unpaired) electrons. The van der Waals surface area contributed by atoms with Gasteiger partial charge >= 0.3 is 0 Å². The van der Waals surface area contributed by atoms with Crippen LogP contribution in [0.15, 0.2) is 47.4 Å². The van der Waals surface area contributed by atoms with E-state index in [1.807, 2.05) is 13.0 Å². The molecule has 2 aromatic carbocycles. The average Bonchev–Trinajstić information content (AvgIpc) is 2.48. The molecule has 0 bridgehead atoms. The fraction of sp³-hybridized carbons (Fsp3) is 0.250. The van der Waals surface area contributed by atoms with Crippen molar-refractivity contribution in [1.82, 2.24) is 4.72 Å². The molecule has 6 heteroatoms. The van der Waals surface area contributed by atoms with Crippen molar-refractivity contribution in [2.24, 2.45) is 0 Å². The van der Waals surface area contributed by atoms with Crippen molar-refractivity contribution in [3.63, 3.8) is 0 Å². The van der Waals surface area contributed by atoms with Crippen LogP contribution in [0.5, 0.6) is 5.75 Å². The van der Waals surface area contributed by atoms with E-state index in [-0.39, 0.29) is 17.2 Å². The zero-order valence-corrected chi connectivity index (χ0v) is 13.3. The van der Waals surface area contributed by atoms with Crippen LogP contribution in [0.25, 0.3) is 0 Å². The van der Waals surface area contributed by atoms with Gasteiger partial charge in [-0.2, -0.15) is 0 Å². The zero-order chi connectivity index (χ0) is 16.2. The smallest absolute Gasteiger partial charge is 0.240 e. The Morgan fingerprint density at radius 2 is 1.95 bits per heavy atom. The second-order valence-corrected chi connectivity index (χ2v) is 6.61. The van der Waals surface area contributed by atoms with Crippen molar-refractivity contribution in [3.05, 3.63) is 59.4 Å². The first-order valence-corrected chi connectivity index (χ1v) is 8.38. The van der Waals surface area contributed by atoms with Crippen LogP contribution in [0.3, 0.4) is 0 Å². The summed E-state index contributed by atoms with van der Waals surface area (Å²) in [6, 6.07) is 11.0. The van der Waals surface area contributed by atoms with Gasteiger partial charge < -0.3 is 4.74 Å². The lowest BCUT2D eigenvalue weighted by Gasteiger charge is -2.09. The van der Waals surface area contributed by atoms with Crippen molar-refractivity contribution < 1.29 is 17.5 Å². The van der Waals surface area contributed by atoms with Gasteiger partial charge in [0, 0.05) is 6.54 Å². The number of benzene rings is 2. The lowest BCUT2D eigenvalue weighted by molar-refractivity contribution is 0.321. The summed E-state index contributed by atoms with van der Waals surface area (Å²) in [6.07, 6.45) is 0. The summed E-state index contributed by atoms with van der Waals surface area (Å²) in [5.41, 5.74) is 1.38. The third-order valence-corrected chi connectivity index (χ3v) is 4.46. The molecule has 0 saturated heterocycles. The molecule has 2 aromatic rings. The number of nitrogens with one attached hydrogen (secondary N) is 1. The minimum Gasteiger partial charge on any atom is -0.491 e. The molecule has 0 fully saturated rings. The molecule has 2 rings (SSSR count). The maximum absolute atomic E-state index is 13.7. The summed E-state index contributed by atoms with van der Waals surface area (Å²) < 4.78 is 45.7. The Balaban J connectivity index is 2.11. The predicted molar refractivity (Wildman–Crippen MR) is 82.8 cm³/mol. The molecule has 0 aliphatic heterocycles. The molecule has 0 aliphatic rings. The number of hydrogen-bond acceptors (Lipinski definition) is 3. The van der Waals surface area contributed by atoms with E-state index in [9.17, 15) is 12.8 Å². The molecule has 0 saturated carbocycles. The van der Waals surface area contributed by atoms with Gasteiger partial charge in [-0.25, -0.2) is 17.5 Å². The number of hydrogen-bond donors (Lipinski definition) is 1. The van der Waals surface area contributed by atoms with E-state index in [4.69, 9.17) is 4.74 Å². The first-order chi connectivity index (χ1) is 10.4. The number of ether oxygens (including phenoxy) is 1. The number of aryl methyl sites for hydroxylation is 1. The Kier molecular flexibility index (Phi) is 5.15. The van der Waals surface area contributed by atoms with Crippen LogP contribution < -0.4 is 9.46 Å². The lowest BCUT2D eigenvalue weighted by atomic mass is 10.2. The molecule has 0 heterocycles. The number of halogens is 1. The molecule has 4 nitrogen and oxygen atoms in total. The van der Waals surface area contributed by atoms with Crippen molar-refractivity contribution in [2.45, 2.75) is 25.3 Å². The minimum atomic E-state index is -3.62. The van der Waals surface area contributed by atoms with Crippen molar-refractivity contribution in [3.8, 4) is 5.75 Å². The van der Waals surface area contributed by atoms with Crippen LogP contribution in [0.2, 0.25) is 0 Å². The zero-order valence-electron chi connectivity index (χ0n) is 12.5. The summed E-state index contributed by atoms with van der Waals surface area (Å²) >= 11 is 0. The maximum atomic E-state index is 13.7. The van der Waals surface area contributed by atoms with E-state index >= 15 is 0 Å². The van der Waals surface area contributed by atoms with Gasteiger partial charge in [-0.1, -0.05) is 18.2 Å². The Bertz CT molecular complexity index is 760. The molecule has 118 valence electrons. The quantitative estimate of drug-likeness (QED) is 0.889. The van der Waals surface area contributed by atoms with Gasteiger partial charge in [-0.15, -0.1) is 0 Å². The molecule has 0 atom stereocenters. The Morgan fingerprint density at radius 3 is 2.59 bits per heavy atom. The molecule has 0 spiro atoms. The fourth-order valence-electron chi connectivity index (χ4n) is 1.97. The van der Waals surface area contributed by atoms with Crippen LogP contribution >= 0.6 is 0 Å². The van der Waals surface area contributed by atoms with E-state index in [0.29, 0.717) is 12.2 Å². The highest BCUT2D eigenvalue weighted by molar-refractivity contribution is 7.89. The van der Waals surface area contributed by atoms with Crippen LogP contribution in [0.4, 0.5) is 4.39 Å². The monoisotopic (exact) mass is 323 g/mol. The maximum Gasteiger partial charge on any atom is 0.240 e. The van der Waals surface area contributed by atoms with E-state index in [1.54, 1.807) is 25.1 Å². The third kappa shape index (κ3) is 4.05. The van der Waals surface area contributed by atoms with Crippen molar-refractivity contribution >= 4 is 10.0 Å². The minimum absolute atomic E-state index is 0.0135. The standard InChI is InChI=1S/C16H18FNO3S/c1-3-21-16-8-7-13(10-15(16)17)11-18-22(19,20)14-6-4-5-12(2)9-14/h4-10,18H,3,11H2,1-2H3. The van der Waals surface area contributed by atoms with Gasteiger partial charge in [0.2, 0.25) is 10.0 Å². The Morgan fingerprint density at radius 1 is 1.18 bits per heavy atom. The summed E-state index contributed by atoms with van der Waals surface area (Å²) in [7, 11) is -3.62. The number of rotatable bonds is 6. The van der Waals surface area contributed by atoms with Crippen LogP contribution in [0.1, 0.15) is 18.1 Å². The van der Waals surface area contributed by atoms with E-state index in [2.05, 4.69) is 4.72 Å². The van der Waals surface area contributed by atoms with E-state index in [0.717, 1.165) is 5.56 Å². The molecule has 0 aromatic heterocycles. The van der Waals surface area contributed by atoms with Crippen molar-refractivity contribution in [2.75, 3.05) is 6.61 Å². The summed E-state index contributed by atoms with van der Waals surface area (Å²) in [6.45, 7) is 3.97. The first-order valence-electron chi connectivity index (χ1n) is 6.90. The summed E-state index contributed by atoms with van der Waals surface area (Å²) in [5.74, 6) is -0.345. The third-order valence-electron chi connectivity index (χ3n) is 3.06. The predicted octanol–water partition coefficient (Wildman–Crippen LogP) is 3.01. The molecule has 1 N–H and O–H groups in total. The average molecular weight is 323 g/mol. The Hall–Kier alpha value is -1.92. The van der Waals surface area contributed by atoms with Crippen LogP contribution in [-0.2, 0) is 16.6 Å². The van der Waals surface area contributed by atoms with Gasteiger partial charge in [0.1, 0.15) is 0 Å². The molecule has 22 heavy (non-hydrogen) atoms. The fourth-order valence-corrected chi connectivity index (χ4v) is 3.09. The number of sulfonamides is 1. The largest absolute Gasteiger partial charge is 0.491 e. The normalized spacial score (nSPS) is 11.4. The van der Waals surface area contributed by atoms with Gasteiger partial charge in [0.15, 0.2) is 11.6 Å². The highest BCUT2D eigenvalue weighted by Gasteiger charge is 2.14. The van der Waals surface area contributed by atoms with Gasteiger partial charge in [-0.3, -0.25) is 0 Å². The molecule has 0 aliphatic carbocycles. The van der Waals surface area contributed by atoms with Crippen LogP contribution in [0, 0.1) is 12.7 Å². The SMILES string of the molecule is CCOc1ccc(CNS(=O)(=O)c2cccc(C)c2)cc1F. The highest BCUT2D eigenvalue weighted by Crippen LogP contribution is 2.19. The topological polar surface area (TPSA) is 55.4 Å². The van der Waals surface area contributed by atoms with Gasteiger partial charge in [0.05, 0.1) is 11.5 Å². The lowest BCUT2D eigenvalue weighted by Crippen LogP contribution is -2.23. The van der Waals surface area contributed by atoms with Gasteiger partial charge in [0.25, 0.3) is 0 Å². The second kappa shape index (κ2) is 6.89. The first kappa shape index (κ1) is 16.5. The van der Waals surface area contributed by atoms with Gasteiger partial charge in [-0.05, 0) is 49.2 Å². The highest BCUT2D eigenvalue weighted by atomic mass is 32.2. The molecular formula is C16H18FNO3S. The van der Waals surface area contributed by atoms with E-state index in [1.165, 1.54) is 18.2 Å². The van der Waals surface area contributed by atoms with E-state index < -0.39 is 15.8 Å². The summed E-state index contributed by atoms with van der Waals surface area (Å²) in [4.78, 5) is 0.193. The molecule has 0 amide bonds. The summed E-state index contributed by atoms with van der Waals surface area (Å²) in [5, 5.41) is 0. The second-order valence-electron chi connectivity index (χ2n) is 4.84. The Labute approximate surface area is 130 Å². The molecule has 0 unspecified atom stereocenters. The van der Waals surface area contributed by atoms with Crippen LogP contribution in [-0.4, -0.2) is 15.0 Å².